The van der Waals surface area contributed by atoms with Crippen molar-refractivity contribution in [3.05, 3.63) is 0 Å². The zero-order valence-corrected chi connectivity index (χ0v) is 13.6. The van der Waals surface area contributed by atoms with Crippen LogP contribution in [0, 0.1) is 5.92 Å². The number of nitrogens with zero attached hydrogens (tertiary/aromatic N) is 1. The summed E-state index contributed by atoms with van der Waals surface area (Å²) >= 11 is 0. The smallest absolute Gasteiger partial charge is 0.224 e. The average Bonchev–Trinajstić information content (AvgIpc) is 2.97. The molecule has 0 bridgehead atoms. The number of fused-ring (bicyclic) bond motifs is 1. The highest BCUT2D eigenvalue weighted by molar-refractivity contribution is 5.85. The first kappa shape index (κ1) is 18.0. The van der Waals surface area contributed by atoms with E-state index in [0.717, 1.165) is 32.2 Å². The van der Waals surface area contributed by atoms with Crippen LogP contribution in [0.25, 0.3) is 0 Å². The predicted octanol–water partition coefficient (Wildman–Crippen LogP) is 1.70. The van der Waals surface area contributed by atoms with Crippen molar-refractivity contribution in [1.82, 2.24) is 10.2 Å². The molecule has 1 saturated carbocycles. The van der Waals surface area contributed by atoms with Gasteiger partial charge in [0.15, 0.2) is 0 Å². The summed E-state index contributed by atoms with van der Waals surface area (Å²) in [6, 6.07) is 1.07. The fourth-order valence-electron chi connectivity index (χ4n) is 4.02. The van der Waals surface area contributed by atoms with Crippen molar-refractivity contribution in [2.75, 3.05) is 13.1 Å². The Labute approximate surface area is 134 Å². The predicted molar refractivity (Wildman–Crippen MR) is 85.6 cm³/mol. The van der Waals surface area contributed by atoms with Crippen LogP contribution >= 0.6 is 24.8 Å². The maximum Gasteiger partial charge on any atom is 0.224 e. The summed E-state index contributed by atoms with van der Waals surface area (Å²) in [5.74, 6) is 0.292. The molecule has 118 valence electrons. The normalized spacial score (nSPS) is 36.6. The molecule has 0 aromatic heterocycles. The lowest BCUT2D eigenvalue weighted by molar-refractivity contribution is -0.126. The standard InChI is InChI=1S/C14H25N3O.2ClH/c15-11-5-3-4-10(11)14(18)16-12-7-9-17-8-2-1-6-13(12)17;;/h10-13H,1-9,15H2,(H,16,18);2*1H. The first-order valence-electron chi connectivity index (χ1n) is 7.56. The molecule has 1 amide bonds. The minimum Gasteiger partial charge on any atom is -0.351 e. The first-order valence-corrected chi connectivity index (χ1v) is 7.56. The number of carbonyl (C=O) groups excluding carboxylic acids is 1. The van der Waals surface area contributed by atoms with Gasteiger partial charge in [0, 0.05) is 24.7 Å². The van der Waals surface area contributed by atoms with Gasteiger partial charge in [-0.15, -0.1) is 24.8 Å². The summed E-state index contributed by atoms with van der Waals surface area (Å²) in [5, 5.41) is 3.29. The maximum atomic E-state index is 12.3. The molecule has 20 heavy (non-hydrogen) atoms. The molecule has 3 aliphatic rings. The molecule has 2 heterocycles. The Kier molecular flexibility index (Phi) is 7.06. The second-order valence-corrected chi connectivity index (χ2v) is 6.20. The molecule has 2 aliphatic heterocycles. The Bertz CT molecular complexity index is 330. The summed E-state index contributed by atoms with van der Waals surface area (Å²) in [7, 11) is 0. The molecular formula is C14H27Cl2N3O. The van der Waals surface area contributed by atoms with Gasteiger partial charge in [-0.25, -0.2) is 0 Å². The Balaban J connectivity index is 0.000001000. The highest BCUT2D eigenvalue weighted by Gasteiger charge is 2.38. The third-order valence-corrected chi connectivity index (χ3v) is 5.09. The van der Waals surface area contributed by atoms with E-state index in [0.29, 0.717) is 12.1 Å². The van der Waals surface area contributed by atoms with Crippen LogP contribution in [-0.2, 0) is 4.79 Å². The van der Waals surface area contributed by atoms with Crippen LogP contribution in [0.5, 0.6) is 0 Å². The van der Waals surface area contributed by atoms with Gasteiger partial charge >= 0.3 is 0 Å². The van der Waals surface area contributed by atoms with Gasteiger partial charge in [-0.1, -0.05) is 12.8 Å². The summed E-state index contributed by atoms with van der Waals surface area (Å²) in [5.41, 5.74) is 6.01. The number of carbonyl (C=O) groups is 1. The maximum absolute atomic E-state index is 12.3. The molecule has 4 atom stereocenters. The van der Waals surface area contributed by atoms with Crippen LogP contribution in [0.15, 0.2) is 0 Å². The van der Waals surface area contributed by atoms with Crippen molar-refractivity contribution in [2.24, 2.45) is 11.7 Å². The van der Waals surface area contributed by atoms with Crippen LogP contribution in [0.2, 0.25) is 0 Å². The number of hydrogen-bond acceptors (Lipinski definition) is 3. The van der Waals surface area contributed by atoms with E-state index in [1.807, 2.05) is 0 Å². The largest absolute Gasteiger partial charge is 0.351 e. The first-order chi connectivity index (χ1) is 8.75. The fraction of sp³-hybridized carbons (Fsp3) is 0.929. The number of piperidine rings is 1. The quantitative estimate of drug-likeness (QED) is 0.813. The molecule has 4 unspecified atom stereocenters. The van der Waals surface area contributed by atoms with E-state index in [1.54, 1.807) is 0 Å². The molecule has 3 fully saturated rings. The third kappa shape index (κ3) is 3.59. The van der Waals surface area contributed by atoms with Crippen molar-refractivity contribution in [3.63, 3.8) is 0 Å². The van der Waals surface area contributed by atoms with Crippen molar-refractivity contribution in [3.8, 4) is 0 Å². The monoisotopic (exact) mass is 323 g/mol. The Morgan fingerprint density at radius 2 is 1.80 bits per heavy atom. The van der Waals surface area contributed by atoms with Gasteiger partial charge in [0.1, 0.15) is 0 Å². The summed E-state index contributed by atoms with van der Waals surface area (Å²) in [6.07, 6.45) is 8.12. The average molecular weight is 324 g/mol. The van der Waals surface area contributed by atoms with Gasteiger partial charge in [-0.2, -0.15) is 0 Å². The van der Waals surface area contributed by atoms with Crippen molar-refractivity contribution < 1.29 is 4.79 Å². The highest BCUT2D eigenvalue weighted by atomic mass is 35.5. The molecule has 2 saturated heterocycles. The van der Waals surface area contributed by atoms with Crippen molar-refractivity contribution in [1.29, 1.82) is 0 Å². The molecule has 4 nitrogen and oxygen atoms in total. The number of amides is 1. The van der Waals surface area contributed by atoms with E-state index in [2.05, 4.69) is 10.2 Å². The van der Waals surface area contributed by atoms with Gasteiger partial charge < -0.3 is 11.1 Å². The Morgan fingerprint density at radius 3 is 2.50 bits per heavy atom. The number of nitrogens with two attached hydrogens (primary N) is 1. The molecule has 0 spiro atoms. The number of halogens is 2. The Morgan fingerprint density at radius 1 is 1.00 bits per heavy atom. The Hall–Kier alpha value is -0.0300. The van der Waals surface area contributed by atoms with Crippen LogP contribution in [-0.4, -0.2) is 42.0 Å². The van der Waals surface area contributed by atoms with Gasteiger partial charge in [-0.05, 0) is 38.6 Å². The molecular weight excluding hydrogens is 297 g/mol. The summed E-state index contributed by atoms with van der Waals surface area (Å²) in [6.45, 7) is 2.38. The third-order valence-electron chi connectivity index (χ3n) is 5.09. The van der Waals surface area contributed by atoms with Gasteiger partial charge in [0.2, 0.25) is 5.91 Å². The molecule has 6 heteroatoms. The SMILES string of the molecule is Cl.Cl.NC1CCCC1C(=O)NC1CCN2CCCCC12. The van der Waals surface area contributed by atoms with Gasteiger partial charge in [0.05, 0.1) is 5.92 Å². The lowest BCUT2D eigenvalue weighted by atomic mass is 9.97. The fourth-order valence-corrected chi connectivity index (χ4v) is 4.02. The molecule has 0 aromatic rings. The van der Waals surface area contributed by atoms with Gasteiger partial charge in [0.25, 0.3) is 0 Å². The van der Waals surface area contributed by atoms with E-state index >= 15 is 0 Å². The van der Waals surface area contributed by atoms with E-state index < -0.39 is 0 Å². The number of hydrogen-bond donors (Lipinski definition) is 2. The van der Waals surface area contributed by atoms with Crippen LogP contribution in [0.3, 0.4) is 0 Å². The van der Waals surface area contributed by atoms with Gasteiger partial charge in [-0.3, -0.25) is 9.69 Å². The van der Waals surface area contributed by atoms with E-state index in [4.69, 9.17) is 5.73 Å². The lowest BCUT2D eigenvalue weighted by Gasteiger charge is -2.33. The minimum atomic E-state index is 0. The molecule has 3 rings (SSSR count). The number of nitrogens with one attached hydrogen (secondary N) is 1. The minimum absolute atomic E-state index is 0. The molecule has 0 aromatic carbocycles. The van der Waals surface area contributed by atoms with Crippen LogP contribution in [0.4, 0.5) is 0 Å². The van der Waals surface area contributed by atoms with E-state index in [1.165, 1.54) is 25.8 Å². The van der Waals surface area contributed by atoms with E-state index in [9.17, 15) is 4.79 Å². The van der Waals surface area contributed by atoms with Crippen LogP contribution < -0.4 is 11.1 Å². The highest BCUT2D eigenvalue weighted by Crippen LogP contribution is 2.29. The molecule has 1 aliphatic carbocycles. The summed E-state index contributed by atoms with van der Waals surface area (Å²) in [4.78, 5) is 14.8. The topological polar surface area (TPSA) is 58.4 Å². The van der Waals surface area contributed by atoms with Crippen molar-refractivity contribution >= 4 is 30.7 Å². The second kappa shape index (κ2) is 7.83. The van der Waals surface area contributed by atoms with Crippen molar-refractivity contribution in [2.45, 2.75) is 63.1 Å². The number of rotatable bonds is 2. The molecule has 0 radical (unpaired) electrons. The van der Waals surface area contributed by atoms with Crippen LogP contribution in [0.1, 0.15) is 44.9 Å². The zero-order valence-electron chi connectivity index (χ0n) is 11.9. The second-order valence-electron chi connectivity index (χ2n) is 6.20. The summed E-state index contributed by atoms with van der Waals surface area (Å²) < 4.78 is 0. The molecule has 3 N–H and O–H groups in total. The lowest BCUT2D eigenvalue weighted by Crippen LogP contribution is -2.49. The van der Waals surface area contributed by atoms with E-state index in [-0.39, 0.29) is 42.7 Å². The zero-order chi connectivity index (χ0) is 12.5.